The van der Waals surface area contributed by atoms with Crippen molar-refractivity contribution in [1.82, 2.24) is 10.3 Å². The van der Waals surface area contributed by atoms with E-state index in [1.807, 2.05) is 6.92 Å². The van der Waals surface area contributed by atoms with Crippen LogP contribution in [0.5, 0.6) is 0 Å². The highest BCUT2D eigenvalue weighted by atomic mass is 35.5. The first-order valence-electron chi connectivity index (χ1n) is 9.50. The minimum absolute atomic E-state index is 0.165. The van der Waals surface area contributed by atoms with Gasteiger partial charge in [0, 0.05) is 30.4 Å². The molecule has 2 aromatic rings. The topological polar surface area (TPSA) is 109 Å². The summed E-state index contributed by atoms with van der Waals surface area (Å²) in [5, 5.41) is 5.95. The summed E-state index contributed by atoms with van der Waals surface area (Å²) in [6.07, 6.45) is 1.37. The van der Waals surface area contributed by atoms with Crippen LogP contribution in [0.25, 0.3) is 0 Å². The fraction of sp³-hybridized carbons (Fsp3) is 0.333. The number of carbonyl (C=O) groups is 2. The molecule has 164 valence electrons. The number of nitrogens with zero attached hydrogens (tertiary/aromatic N) is 2. The number of amides is 2. The molecule has 0 spiro atoms. The molecule has 7 nitrogen and oxygen atoms in total. The van der Waals surface area contributed by atoms with E-state index < -0.39 is 27.9 Å². The van der Waals surface area contributed by atoms with E-state index in [1.165, 1.54) is 30.5 Å². The van der Waals surface area contributed by atoms with Crippen LogP contribution >= 0.6 is 23.4 Å². The number of nitrogens with one attached hydrogen (secondary N) is 2. The van der Waals surface area contributed by atoms with Crippen LogP contribution in [0.15, 0.2) is 41.5 Å². The number of nitrogens with two attached hydrogens (primary N) is 1. The van der Waals surface area contributed by atoms with Crippen LogP contribution in [-0.4, -0.2) is 33.8 Å². The Labute approximate surface area is 189 Å². The van der Waals surface area contributed by atoms with Gasteiger partial charge in [0.15, 0.2) is 5.17 Å². The van der Waals surface area contributed by atoms with E-state index in [1.54, 1.807) is 27.0 Å². The molecule has 1 aromatic heterocycles. The van der Waals surface area contributed by atoms with Crippen molar-refractivity contribution in [2.24, 2.45) is 16.6 Å². The van der Waals surface area contributed by atoms with Gasteiger partial charge in [-0.2, -0.15) is 0 Å². The summed E-state index contributed by atoms with van der Waals surface area (Å²) in [6.45, 7) is 5.33. The van der Waals surface area contributed by atoms with Gasteiger partial charge in [0.05, 0.1) is 10.6 Å². The van der Waals surface area contributed by atoms with E-state index in [-0.39, 0.29) is 22.3 Å². The molecule has 0 aliphatic carbocycles. The predicted molar refractivity (Wildman–Crippen MR) is 122 cm³/mol. The summed E-state index contributed by atoms with van der Waals surface area (Å²) in [5.41, 5.74) is 5.67. The Morgan fingerprint density at radius 3 is 2.58 bits per heavy atom. The number of halogens is 2. The van der Waals surface area contributed by atoms with Crippen molar-refractivity contribution in [3.05, 3.63) is 58.6 Å². The van der Waals surface area contributed by atoms with Crippen molar-refractivity contribution in [3.63, 3.8) is 0 Å². The highest BCUT2D eigenvalue weighted by Crippen LogP contribution is 2.50. The van der Waals surface area contributed by atoms with Crippen LogP contribution in [0.4, 0.5) is 10.1 Å². The van der Waals surface area contributed by atoms with Crippen molar-refractivity contribution in [2.45, 2.75) is 31.1 Å². The molecule has 3 rings (SSSR count). The summed E-state index contributed by atoms with van der Waals surface area (Å²) in [5.74, 6) is -1.63. The van der Waals surface area contributed by atoms with E-state index in [9.17, 15) is 14.0 Å². The second-order valence-corrected chi connectivity index (χ2v) is 9.52. The van der Waals surface area contributed by atoms with E-state index in [0.717, 1.165) is 11.8 Å². The first-order valence-corrected chi connectivity index (χ1v) is 10.7. The molecule has 1 aliphatic heterocycles. The van der Waals surface area contributed by atoms with Gasteiger partial charge in [0.2, 0.25) is 5.91 Å². The average Bonchev–Trinajstić information content (AvgIpc) is 2.73. The Morgan fingerprint density at radius 2 is 1.97 bits per heavy atom. The molecule has 1 aliphatic rings. The van der Waals surface area contributed by atoms with Crippen LogP contribution in [0.1, 0.15) is 36.8 Å². The minimum atomic E-state index is -1.14. The zero-order valence-corrected chi connectivity index (χ0v) is 19.1. The van der Waals surface area contributed by atoms with Crippen LogP contribution in [0.2, 0.25) is 5.02 Å². The Kier molecular flexibility index (Phi) is 6.29. The Hall–Kier alpha value is -2.65. The van der Waals surface area contributed by atoms with E-state index in [4.69, 9.17) is 17.3 Å². The summed E-state index contributed by atoms with van der Waals surface area (Å²) < 4.78 is 14.0. The normalized spacial score (nSPS) is 25.5. The first kappa shape index (κ1) is 23.0. The number of rotatable bonds is 4. The minimum Gasteiger partial charge on any atom is -0.378 e. The summed E-state index contributed by atoms with van der Waals surface area (Å²) in [4.78, 5) is 33.7. The lowest BCUT2D eigenvalue weighted by atomic mass is 9.73. The van der Waals surface area contributed by atoms with Crippen LogP contribution < -0.4 is 16.4 Å². The third-order valence-electron chi connectivity index (χ3n) is 5.74. The number of hydrogen-bond acceptors (Lipinski definition) is 6. The van der Waals surface area contributed by atoms with Gasteiger partial charge < -0.3 is 16.4 Å². The summed E-state index contributed by atoms with van der Waals surface area (Å²) in [7, 11) is 1.54. The molecular formula is C21H23ClFN5O2S. The maximum Gasteiger partial charge on any atom is 0.274 e. The number of aromatic nitrogens is 1. The maximum absolute atomic E-state index is 15.0. The lowest BCUT2D eigenvalue weighted by Crippen LogP contribution is -2.55. The third kappa shape index (κ3) is 4.24. The van der Waals surface area contributed by atoms with Gasteiger partial charge in [0.1, 0.15) is 16.3 Å². The standard InChI is InChI=1S/C21H23ClFN5O2S/c1-11-20(2,28-19(24)31-21(11,3)18(30)25-4)14-9-13(6-7-15(14)23)27-17(29)16-8-5-12(22)10-26-16/h5-11H,1-4H3,(H2,24,28)(H,25,30)(H,27,29)/t11-,20-,21-/m0/s1. The number of anilines is 1. The predicted octanol–water partition coefficient (Wildman–Crippen LogP) is 3.54. The fourth-order valence-corrected chi connectivity index (χ4v) is 5.05. The average molecular weight is 464 g/mol. The third-order valence-corrected chi connectivity index (χ3v) is 7.22. The highest BCUT2D eigenvalue weighted by molar-refractivity contribution is 8.15. The zero-order valence-electron chi connectivity index (χ0n) is 17.5. The fourth-order valence-electron chi connectivity index (χ4n) is 3.67. The van der Waals surface area contributed by atoms with E-state index in [2.05, 4.69) is 20.6 Å². The molecule has 0 bridgehead atoms. The molecule has 0 saturated carbocycles. The number of thioether (sulfide) groups is 1. The lowest BCUT2D eigenvalue weighted by Gasteiger charge is -2.46. The van der Waals surface area contributed by atoms with Crippen molar-refractivity contribution in [3.8, 4) is 0 Å². The van der Waals surface area contributed by atoms with E-state index >= 15 is 0 Å². The van der Waals surface area contributed by atoms with Crippen molar-refractivity contribution < 1.29 is 14.0 Å². The maximum atomic E-state index is 15.0. The Balaban J connectivity index is 2.00. The highest BCUT2D eigenvalue weighted by Gasteiger charge is 2.53. The van der Waals surface area contributed by atoms with E-state index in [0.29, 0.717) is 10.7 Å². The number of hydrogen-bond donors (Lipinski definition) is 3. The molecule has 10 heteroatoms. The SMILES string of the molecule is CNC(=O)[C@@]1(C)SC(N)=N[C@](C)(c2cc(NC(=O)c3ccc(Cl)cn3)ccc2F)[C@@H]1C. The summed E-state index contributed by atoms with van der Waals surface area (Å²) in [6, 6.07) is 7.26. The molecular weight excluding hydrogens is 441 g/mol. The van der Waals surface area contributed by atoms with Gasteiger partial charge in [0.25, 0.3) is 5.91 Å². The lowest BCUT2D eigenvalue weighted by molar-refractivity contribution is -0.124. The molecule has 31 heavy (non-hydrogen) atoms. The molecule has 0 fully saturated rings. The molecule has 3 atom stereocenters. The van der Waals surface area contributed by atoms with Crippen LogP contribution in [0.3, 0.4) is 0 Å². The smallest absolute Gasteiger partial charge is 0.274 e. The first-order chi connectivity index (χ1) is 14.5. The van der Waals surface area contributed by atoms with Gasteiger partial charge in [-0.05, 0) is 44.2 Å². The van der Waals surface area contributed by atoms with Crippen molar-refractivity contribution >= 4 is 46.0 Å². The van der Waals surface area contributed by atoms with Gasteiger partial charge in [-0.15, -0.1) is 0 Å². The Bertz CT molecular complexity index is 1060. The second kappa shape index (κ2) is 8.47. The van der Waals surface area contributed by atoms with Gasteiger partial charge in [-0.25, -0.2) is 9.37 Å². The number of aliphatic imine (C=N–C) groups is 1. The number of pyridine rings is 1. The molecule has 4 N–H and O–H groups in total. The quantitative estimate of drug-likeness (QED) is 0.642. The van der Waals surface area contributed by atoms with Gasteiger partial charge in [-0.1, -0.05) is 30.3 Å². The zero-order chi connectivity index (χ0) is 23.0. The van der Waals surface area contributed by atoms with Crippen LogP contribution in [-0.2, 0) is 10.3 Å². The second-order valence-electron chi connectivity index (χ2n) is 7.62. The molecule has 2 amide bonds. The molecule has 1 aromatic carbocycles. The van der Waals surface area contributed by atoms with Crippen molar-refractivity contribution in [1.29, 1.82) is 0 Å². The largest absolute Gasteiger partial charge is 0.378 e. The molecule has 0 saturated heterocycles. The van der Waals surface area contributed by atoms with Crippen molar-refractivity contribution in [2.75, 3.05) is 12.4 Å². The number of amidine groups is 1. The number of carbonyl (C=O) groups excluding carboxylic acids is 2. The summed E-state index contributed by atoms with van der Waals surface area (Å²) >= 11 is 6.96. The Morgan fingerprint density at radius 1 is 1.26 bits per heavy atom. The molecule has 2 heterocycles. The van der Waals surface area contributed by atoms with Gasteiger partial charge >= 0.3 is 0 Å². The monoisotopic (exact) mass is 463 g/mol. The van der Waals surface area contributed by atoms with Gasteiger partial charge in [-0.3, -0.25) is 14.6 Å². The molecule has 0 radical (unpaired) electrons. The molecule has 0 unspecified atom stereocenters. The van der Waals surface area contributed by atoms with Crippen LogP contribution in [0, 0.1) is 11.7 Å². The number of benzene rings is 1.